The van der Waals surface area contributed by atoms with Gasteiger partial charge in [-0.05, 0) is 37.0 Å². The van der Waals surface area contributed by atoms with Crippen molar-refractivity contribution in [2.24, 2.45) is 11.8 Å². The van der Waals surface area contributed by atoms with Gasteiger partial charge in [0.05, 0.1) is 5.92 Å². The fraction of sp³-hybridized carbons (Fsp3) is 0.400. The van der Waals surface area contributed by atoms with Gasteiger partial charge in [0, 0.05) is 22.5 Å². The lowest BCUT2D eigenvalue weighted by molar-refractivity contribution is -0.122. The first-order valence-electron chi connectivity index (χ1n) is 6.47. The second kappa shape index (κ2) is 4.84. The van der Waals surface area contributed by atoms with Crippen LogP contribution >= 0.6 is 23.2 Å². The number of hydrogen-bond donors (Lipinski definition) is 1. The number of fused-ring (bicyclic) bond motifs is 1. The van der Waals surface area contributed by atoms with Crippen molar-refractivity contribution in [3.05, 3.63) is 45.5 Å². The van der Waals surface area contributed by atoms with E-state index in [0.29, 0.717) is 16.0 Å². The van der Waals surface area contributed by atoms with E-state index in [9.17, 15) is 4.79 Å². The molecule has 3 unspecified atom stereocenters. The predicted octanol–water partition coefficient (Wildman–Crippen LogP) is 3.79. The van der Waals surface area contributed by atoms with Crippen LogP contribution < -0.4 is 5.32 Å². The van der Waals surface area contributed by atoms with E-state index in [1.165, 1.54) is 0 Å². The Morgan fingerprint density at radius 3 is 2.84 bits per heavy atom. The number of halogens is 2. The van der Waals surface area contributed by atoms with Gasteiger partial charge in [0.1, 0.15) is 0 Å². The summed E-state index contributed by atoms with van der Waals surface area (Å²) in [5.74, 6) is 0.884. The van der Waals surface area contributed by atoms with Crippen LogP contribution in [0.2, 0.25) is 10.0 Å². The average molecular weight is 296 g/mol. The second-order valence-corrected chi connectivity index (χ2v) is 6.25. The molecule has 0 bridgehead atoms. The third kappa shape index (κ3) is 2.28. The Balaban J connectivity index is 1.95. The zero-order chi connectivity index (χ0) is 13.6. The zero-order valence-corrected chi connectivity index (χ0v) is 12.1. The molecule has 1 amide bonds. The number of carbonyl (C=O) groups is 1. The molecule has 1 aromatic carbocycles. The summed E-state index contributed by atoms with van der Waals surface area (Å²) in [6.07, 6.45) is 3.14. The Hall–Kier alpha value is -0.990. The minimum Gasteiger partial charge on any atom is -0.355 e. The van der Waals surface area contributed by atoms with Gasteiger partial charge in [-0.15, -0.1) is 0 Å². The van der Waals surface area contributed by atoms with Gasteiger partial charge in [-0.1, -0.05) is 40.9 Å². The summed E-state index contributed by atoms with van der Waals surface area (Å²) in [4.78, 5) is 11.8. The van der Waals surface area contributed by atoms with Crippen LogP contribution in [-0.2, 0) is 4.79 Å². The van der Waals surface area contributed by atoms with Gasteiger partial charge in [-0.2, -0.15) is 0 Å². The van der Waals surface area contributed by atoms with Crippen LogP contribution in [0.25, 0.3) is 0 Å². The van der Waals surface area contributed by atoms with Crippen molar-refractivity contribution >= 4 is 29.1 Å². The van der Waals surface area contributed by atoms with Crippen molar-refractivity contribution in [2.45, 2.75) is 19.3 Å². The number of amides is 1. The van der Waals surface area contributed by atoms with Crippen LogP contribution in [0, 0.1) is 11.8 Å². The first-order chi connectivity index (χ1) is 9.06. The molecule has 1 aromatic rings. The smallest absolute Gasteiger partial charge is 0.227 e. The molecule has 4 heteroatoms. The van der Waals surface area contributed by atoms with Crippen LogP contribution in [-0.4, -0.2) is 12.5 Å². The number of benzene rings is 1. The maximum atomic E-state index is 11.8. The minimum atomic E-state index is 0.0577. The predicted molar refractivity (Wildman–Crippen MR) is 77.6 cm³/mol. The molecule has 2 nitrogen and oxygen atoms in total. The number of rotatable bonds is 1. The zero-order valence-electron chi connectivity index (χ0n) is 10.6. The van der Waals surface area contributed by atoms with Gasteiger partial charge in [0.15, 0.2) is 0 Å². The van der Waals surface area contributed by atoms with Crippen LogP contribution in [0.4, 0.5) is 0 Å². The molecule has 1 fully saturated rings. The lowest BCUT2D eigenvalue weighted by atomic mass is 9.74. The molecular weight excluding hydrogens is 281 g/mol. The molecule has 0 spiro atoms. The summed E-state index contributed by atoms with van der Waals surface area (Å²) < 4.78 is 0. The van der Waals surface area contributed by atoms with Gasteiger partial charge < -0.3 is 5.32 Å². The van der Waals surface area contributed by atoms with E-state index in [2.05, 4.69) is 11.4 Å². The van der Waals surface area contributed by atoms with Gasteiger partial charge >= 0.3 is 0 Å². The Labute approximate surface area is 122 Å². The number of hydrogen-bond acceptors (Lipinski definition) is 1. The maximum Gasteiger partial charge on any atom is 0.227 e. The lowest BCUT2D eigenvalue weighted by Gasteiger charge is -2.29. The molecule has 100 valence electrons. The normalized spacial score (nSPS) is 29.7. The van der Waals surface area contributed by atoms with Gasteiger partial charge in [0.25, 0.3) is 0 Å². The van der Waals surface area contributed by atoms with E-state index in [0.717, 1.165) is 24.1 Å². The molecule has 3 rings (SSSR count). The summed E-state index contributed by atoms with van der Waals surface area (Å²) in [5, 5.41) is 4.31. The Bertz CT molecular complexity index is 567. The first kappa shape index (κ1) is 13.0. The van der Waals surface area contributed by atoms with Gasteiger partial charge in [-0.3, -0.25) is 4.79 Å². The minimum absolute atomic E-state index is 0.0577. The van der Waals surface area contributed by atoms with Crippen molar-refractivity contribution in [2.75, 3.05) is 6.54 Å². The molecule has 2 aliphatic rings. The molecule has 1 saturated heterocycles. The molecule has 0 radical (unpaired) electrons. The average Bonchev–Trinajstić information content (AvgIpc) is 2.71. The molecule has 1 N–H and O–H groups in total. The van der Waals surface area contributed by atoms with Gasteiger partial charge in [-0.25, -0.2) is 0 Å². The van der Waals surface area contributed by atoms with E-state index in [1.54, 1.807) is 6.07 Å². The number of nitrogens with one attached hydrogen (secondary N) is 1. The third-order valence-corrected chi connectivity index (χ3v) is 4.73. The molecule has 1 aliphatic heterocycles. The van der Waals surface area contributed by atoms with E-state index in [-0.39, 0.29) is 17.7 Å². The highest BCUT2D eigenvalue weighted by atomic mass is 35.5. The Morgan fingerprint density at radius 1 is 1.32 bits per heavy atom. The highest BCUT2D eigenvalue weighted by Gasteiger charge is 2.40. The van der Waals surface area contributed by atoms with Gasteiger partial charge in [0.2, 0.25) is 5.91 Å². The van der Waals surface area contributed by atoms with Crippen molar-refractivity contribution in [1.29, 1.82) is 0 Å². The van der Waals surface area contributed by atoms with Crippen molar-refractivity contribution in [3.63, 3.8) is 0 Å². The summed E-state index contributed by atoms with van der Waals surface area (Å²) in [6, 6.07) is 5.64. The third-order valence-electron chi connectivity index (χ3n) is 4.17. The van der Waals surface area contributed by atoms with Crippen molar-refractivity contribution < 1.29 is 4.79 Å². The number of allylic oxidation sites excluding steroid dienone is 1. The first-order valence-corrected chi connectivity index (χ1v) is 7.23. The molecular formula is C15H15Cl2NO. The molecule has 3 atom stereocenters. The highest BCUT2D eigenvalue weighted by molar-refractivity contribution is 6.35. The maximum absolute atomic E-state index is 11.8. The Kier molecular flexibility index (Phi) is 3.32. The molecule has 19 heavy (non-hydrogen) atoms. The summed E-state index contributed by atoms with van der Waals surface area (Å²) in [6.45, 7) is 2.81. The quantitative estimate of drug-likeness (QED) is 0.785. The van der Waals surface area contributed by atoms with E-state index in [4.69, 9.17) is 23.2 Å². The summed E-state index contributed by atoms with van der Waals surface area (Å²) in [5.41, 5.74) is 2.26. The molecule has 1 heterocycles. The van der Waals surface area contributed by atoms with E-state index in [1.807, 2.05) is 19.1 Å². The lowest BCUT2D eigenvalue weighted by Crippen LogP contribution is -2.24. The van der Waals surface area contributed by atoms with Crippen molar-refractivity contribution in [3.8, 4) is 0 Å². The SMILES string of the molecule is CC1=CC(c2ccc(Cl)cc2Cl)CC2CNC(=O)C12. The molecule has 0 saturated carbocycles. The molecule has 1 aliphatic carbocycles. The van der Waals surface area contributed by atoms with Crippen LogP contribution in [0.1, 0.15) is 24.8 Å². The fourth-order valence-electron chi connectivity index (χ4n) is 3.31. The summed E-state index contributed by atoms with van der Waals surface area (Å²) >= 11 is 12.2. The Morgan fingerprint density at radius 2 is 2.11 bits per heavy atom. The van der Waals surface area contributed by atoms with Crippen molar-refractivity contribution in [1.82, 2.24) is 5.32 Å². The van der Waals surface area contributed by atoms with Crippen LogP contribution in [0.3, 0.4) is 0 Å². The fourth-order valence-corrected chi connectivity index (χ4v) is 3.85. The topological polar surface area (TPSA) is 29.1 Å². The largest absolute Gasteiger partial charge is 0.355 e. The van der Waals surface area contributed by atoms with E-state index < -0.39 is 0 Å². The standard InChI is InChI=1S/C15H15Cl2NO/c1-8-4-9(5-10-7-18-15(19)14(8)10)12-3-2-11(16)6-13(12)17/h2-4,6,9-10,14H,5,7H2,1H3,(H,18,19). The second-order valence-electron chi connectivity index (χ2n) is 5.40. The summed E-state index contributed by atoms with van der Waals surface area (Å²) in [7, 11) is 0. The van der Waals surface area contributed by atoms with Crippen LogP contribution in [0.15, 0.2) is 29.8 Å². The van der Waals surface area contributed by atoms with E-state index >= 15 is 0 Å². The molecule has 0 aromatic heterocycles. The highest BCUT2D eigenvalue weighted by Crippen LogP contribution is 2.42. The van der Waals surface area contributed by atoms with Crippen LogP contribution in [0.5, 0.6) is 0 Å². The monoisotopic (exact) mass is 295 g/mol. The number of carbonyl (C=O) groups excluding carboxylic acids is 1.